The van der Waals surface area contributed by atoms with Gasteiger partial charge in [0.1, 0.15) is 5.82 Å². The Hall–Kier alpha value is -2.34. The van der Waals surface area contributed by atoms with Crippen LogP contribution >= 0.6 is 11.6 Å². The predicted molar refractivity (Wildman–Crippen MR) is 91.6 cm³/mol. The molecule has 2 amide bonds. The van der Waals surface area contributed by atoms with Crippen molar-refractivity contribution in [3.05, 3.63) is 59.1 Å². The summed E-state index contributed by atoms with van der Waals surface area (Å²) in [6.07, 6.45) is 2.52. The Morgan fingerprint density at radius 1 is 1.38 bits per heavy atom. The topological polar surface area (TPSA) is 57.3 Å². The Kier molecular flexibility index (Phi) is 5.15. The number of anilines is 1. The van der Waals surface area contributed by atoms with Crippen molar-refractivity contribution >= 4 is 23.3 Å². The SMILES string of the molecule is O=C(NCc1ccccn1)N[C@H]1CCN(c2ccc(F)c(Cl)c2)C1. The molecule has 0 aliphatic carbocycles. The molecule has 1 fully saturated rings. The molecule has 2 heterocycles. The quantitative estimate of drug-likeness (QED) is 0.893. The minimum Gasteiger partial charge on any atom is -0.369 e. The van der Waals surface area contributed by atoms with E-state index in [-0.39, 0.29) is 17.1 Å². The van der Waals surface area contributed by atoms with Crippen molar-refractivity contribution in [1.82, 2.24) is 15.6 Å². The van der Waals surface area contributed by atoms with Crippen molar-refractivity contribution in [1.29, 1.82) is 0 Å². The van der Waals surface area contributed by atoms with E-state index in [4.69, 9.17) is 11.6 Å². The highest BCUT2D eigenvalue weighted by molar-refractivity contribution is 6.31. The van der Waals surface area contributed by atoms with Gasteiger partial charge in [0.2, 0.25) is 0 Å². The van der Waals surface area contributed by atoms with Crippen LogP contribution in [0.15, 0.2) is 42.6 Å². The van der Waals surface area contributed by atoms with Gasteiger partial charge in [-0.05, 0) is 36.8 Å². The maximum Gasteiger partial charge on any atom is 0.315 e. The average molecular weight is 349 g/mol. The van der Waals surface area contributed by atoms with E-state index < -0.39 is 5.82 Å². The Bertz CT molecular complexity index is 713. The van der Waals surface area contributed by atoms with E-state index >= 15 is 0 Å². The predicted octanol–water partition coefficient (Wildman–Crippen LogP) is 2.95. The first-order valence-corrected chi connectivity index (χ1v) is 8.14. The molecule has 24 heavy (non-hydrogen) atoms. The number of hydrogen-bond acceptors (Lipinski definition) is 3. The molecule has 1 aromatic carbocycles. The molecule has 3 rings (SSSR count). The van der Waals surface area contributed by atoms with Crippen LogP contribution in [0.3, 0.4) is 0 Å². The third-order valence-corrected chi connectivity index (χ3v) is 4.24. The van der Waals surface area contributed by atoms with Gasteiger partial charge in [0.05, 0.1) is 17.3 Å². The molecule has 5 nitrogen and oxygen atoms in total. The standard InChI is InChI=1S/C17H18ClFN4O/c18-15-9-14(4-5-16(15)19)23-8-6-13(11-23)22-17(24)21-10-12-3-1-2-7-20-12/h1-5,7,9,13H,6,8,10-11H2,(H2,21,22,24)/t13-/m0/s1. The molecule has 0 unspecified atom stereocenters. The summed E-state index contributed by atoms with van der Waals surface area (Å²) in [6, 6.07) is 10.1. The number of halogens is 2. The first-order valence-electron chi connectivity index (χ1n) is 7.76. The van der Waals surface area contributed by atoms with Gasteiger partial charge in [-0.2, -0.15) is 0 Å². The van der Waals surface area contributed by atoms with Gasteiger partial charge in [0, 0.05) is 31.0 Å². The van der Waals surface area contributed by atoms with Crippen molar-refractivity contribution in [2.45, 2.75) is 19.0 Å². The van der Waals surface area contributed by atoms with Crippen LogP contribution in [0, 0.1) is 5.82 Å². The van der Waals surface area contributed by atoms with Crippen LogP contribution in [-0.2, 0) is 6.54 Å². The summed E-state index contributed by atoms with van der Waals surface area (Å²) in [7, 11) is 0. The summed E-state index contributed by atoms with van der Waals surface area (Å²) >= 11 is 5.83. The molecule has 1 aliphatic heterocycles. The van der Waals surface area contributed by atoms with Crippen LogP contribution in [0.4, 0.5) is 14.9 Å². The van der Waals surface area contributed by atoms with Crippen molar-refractivity contribution in [2.24, 2.45) is 0 Å². The number of urea groups is 1. The van der Waals surface area contributed by atoms with Crippen LogP contribution in [0.5, 0.6) is 0 Å². The number of amides is 2. The molecule has 0 spiro atoms. The summed E-state index contributed by atoms with van der Waals surface area (Å²) in [5, 5.41) is 5.85. The number of benzene rings is 1. The lowest BCUT2D eigenvalue weighted by Crippen LogP contribution is -2.43. The number of hydrogen-bond donors (Lipinski definition) is 2. The highest BCUT2D eigenvalue weighted by Crippen LogP contribution is 2.25. The van der Waals surface area contributed by atoms with Crippen molar-refractivity contribution in [3.63, 3.8) is 0 Å². The molecule has 126 valence electrons. The fourth-order valence-corrected chi connectivity index (χ4v) is 2.88. The minimum absolute atomic E-state index is 0.0394. The molecule has 2 aromatic rings. The monoisotopic (exact) mass is 348 g/mol. The Labute approximate surface area is 144 Å². The second-order valence-corrected chi connectivity index (χ2v) is 6.09. The normalized spacial score (nSPS) is 16.9. The van der Waals surface area contributed by atoms with Crippen LogP contribution in [0.25, 0.3) is 0 Å². The van der Waals surface area contributed by atoms with Gasteiger partial charge in [-0.1, -0.05) is 17.7 Å². The lowest BCUT2D eigenvalue weighted by molar-refractivity contribution is 0.237. The molecular formula is C17H18ClFN4O. The summed E-state index contributed by atoms with van der Waals surface area (Å²) in [5.41, 5.74) is 1.67. The molecule has 1 saturated heterocycles. The minimum atomic E-state index is -0.428. The second-order valence-electron chi connectivity index (χ2n) is 5.68. The Balaban J connectivity index is 1.48. The van der Waals surface area contributed by atoms with Gasteiger partial charge in [-0.3, -0.25) is 4.98 Å². The lowest BCUT2D eigenvalue weighted by Gasteiger charge is -2.19. The molecule has 0 bridgehead atoms. The van der Waals surface area contributed by atoms with E-state index in [2.05, 4.69) is 20.5 Å². The van der Waals surface area contributed by atoms with E-state index in [1.807, 2.05) is 18.2 Å². The van der Waals surface area contributed by atoms with Crippen LogP contribution < -0.4 is 15.5 Å². The lowest BCUT2D eigenvalue weighted by atomic mass is 10.2. The van der Waals surface area contributed by atoms with Gasteiger partial charge in [-0.15, -0.1) is 0 Å². The zero-order valence-electron chi connectivity index (χ0n) is 13.0. The largest absolute Gasteiger partial charge is 0.369 e. The fraction of sp³-hybridized carbons (Fsp3) is 0.294. The highest BCUT2D eigenvalue weighted by Gasteiger charge is 2.24. The number of nitrogens with zero attached hydrogens (tertiary/aromatic N) is 2. The maximum atomic E-state index is 13.2. The zero-order chi connectivity index (χ0) is 16.9. The molecule has 1 atom stereocenters. The van der Waals surface area contributed by atoms with Crippen LogP contribution in [0.1, 0.15) is 12.1 Å². The number of carbonyl (C=O) groups is 1. The van der Waals surface area contributed by atoms with Crippen LogP contribution in [-0.4, -0.2) is 30.1 Å². The third kappa shape index (κ3) is 4.14. The van der Waals surface area contributed by atoms with Crippen molar-refractivity contribution in [3.8, 4) is 0 Å². The molecule has 7 heteroatoms. The molecule has 1 aliphatic rings. The van der Waals surface area contributed by atoms with Gasteiger partial charge in [-0.25, -0.2) is 9.18 Å². The van der Waals surface area contributed by atoms with Gasteiger partial charge < -0.3 is 15.5 Å². The molecule has 0 radical (unpaired) electrons. The molecular weight excluding hydrogens is 331 g/mol. The summed E-state index contributed by atoms with van der Waals surface area (Å²) in [6.45, 7) is 1.84. The summed E-state index contributed by atoms with van der Waals surface area (Å²) in [5.74, 6) is -0.428. The van der Waals surface area contributed by atoms with E-state index in [1.165, 1.54) is 6.07 Å². The number of nitrogens with one attached hydrogen (secondary N) is 2. The van der Waals surface area contributed by atoms with Gasteiger partial charge in [0.25, 0.3) is 0 Å². The van der Waals surface area contributed by atoms with E-state index in [9.17, 15) is 9.18 Å². The first kappa shape index (κ1) is 16.5. The highest BCUT2D eigenvalue weighted by atomic mass is 35.5. The smallest absolute Gasteiger partial charge is 0.315 e. The van der Waals surface area contributed by atoms with Crippen molar-refractivity contribution in [2.75, 3.05) is 18.0 Å². The number of aromatic nitrogens is 1. The van der Waals surface area contributed by atoms with E-state index in [0.29, 0.717) is 13.1 Å². The average Bonchev–Trinajstić information content (AvgIpc) is 3.05. The third-order valence-electron chi connectivity index (χ3n) is 3.95. The summed E-state index contributed by atoms with van der Waals surface area (Å²) in [4.78, 5) is 18.2. The fourth-order valence-electron chi connectivity index (χ4n) is 2.70. The zero-order valence-corrected chi connectivity index (χ0v) is 13.8. The van der Waals surface area contributed by atoms with E-state index in [1.54, 1.807) is 18.3 Å². The summed E-state index contributed by atoms with van der Waals surface area (Å²) < 4.78 is 13.2. The van der Waals surface area contributed by atoms with Crippen LogP contribution in [0.2, 0.25) is 5.02 Å². The number of carbonyl (C=O) groups excluding carboxylic acids is 1. The number of pyridine rings is 1. The molecule has 1 aromatic heterocycles. The Morgan fingerprint density at radius 3 is 3.00 bits per heavy atom. The molecule has 2 N–H and O–H groups in total. The Morgan fingerprint density at radius 2 is 2.25 bits per heavy atom. The maximum absolute atomic E-state index is 13.2. The first-order chi connectivity index (χ1) is 11.6. The number of rotatable bonds is 4. The second kappa shape index (κ2) is 7.49. The van der Waals surface area contributed by atoms with E-state index in [0.717, 1.165) is 24.3 Å². The van der Waals surface area contributed by atoms with Crippen molar-refractivity contribution < 1.29 is 9.18 Å². The van der Waals surface area contributed by atoms with Gasteiger partial charge >= 0.3 is 6.03 Å². The van der Waals surface area contributed by atoms with Gasteiger partial charge in [0.15, 0.2) is 0 Å². The molecule has 0 saturated carbocycles.